The second kappa shape index (κ2) is 6.61. The summed E-state index contributed by atoms with van der Waals surface area (Å²) < 4.78 is 10.3. The molecule has 2 heteroatoms. The van der Waals surface area contributed by atoms with Crippen molar-refractivity contribution in [2.45, 2.75) is 84.0 Å². The molecule has 0 N–H and O–H groups in total. The van der Waals surface area contributed by atoms with E-state index in [1.54, 1.807) is 0 Å². The van der Waals surface area contributed by atoms with Crippen molar-refractivity contribution < 1.29 is 9.47 Å². The third kappa shape index (κ3) is 5.31. The molecule has 0 aromatic rings. The normalized spacial score (nSPS) is 38.2. The number of rotatable bonds is 1. The van der Waals surface area contributed by atoms with Gasteiger partial charge in [-0.05, 0) is 26.2 Å². The minimum Gasteiger partial charge on any atom is -0.370 e. The van der Waals surface area contributed by atoms with Crippen molar-refractivity contribution in [3.05, 3.63) is 0 Å². The number of fused-ring (bicyclic) bond motifs is 1. The molecule has 0 spiro atoms. The number of hydrogen-bond donors (Lipinski definition) is 0. The van der Waals surface area contributed by atoms with Crippen LogP contribution in [0.25, 0.3) is 0 Å². The Balaban J connectivity index is 0.000000131. The third-order valence-electron chi connectivity index (χ3n) is 3.30. The van der Waals surface area contributed by atoms with Gasteiger partial charge in [0, 0.05) is 0 Å². The lowest BCUT2D eigenvalue weighted by molar-refractivity contribution is 0.317. The lowest BCUT2D eigenvalue weighted by Gasteiger charge is -2.00. The van der Waals surface area contributed by atoms with Gasteiger partial charge >= 0.3 is 0 Å². The van der Waals surface area contributed by atoms with Gasteiger partial charge in [-0.3, -0.25) is 0 Å². The van der Waals surface area contributed by atoms with E-state index in [2.05, 4.69) is 27.7 Å². The SMILES string of the molecule is C1CCC2OC2C1.CCC.CCC1(C)CO1. The molecule has 0 bridgehead atoms. The van der Waals surface area contributed by atoms with Gasteiger partial charge in [-0.15, -0.1) is 0 Å². The Hall–Kier alpha value is -0.0800. The topological polar surface area (TPSA) is 25.1 Å². The van der Waals surface area contributed by atoms with Crippen LogP contribution in [-0.2, 0) is 9.47 Å². The molecule has 16 heavy (non-hydrogen) atoms. The molecular formula is C14H28O2. The van der Waals surface area contributed by atoms with E-state index in [-0.39, 0.29) is 0 Å². The average molecular weight is 228 g/mol. The Morgan fingerprint density at radius 1 is 1.06 bits per heavy atom. The summed E-state index contributed by atoms with van der Waals surface area (Å²) in [6.45, 7) is 9.50. The van der Waals surface area contributed by atoms with Gasteiger partial charge in [0.2, 0.25) is 0 Å². The monoisotopic (exact) mass is 228 g/mol. The Morgan fingerprint density at radius 3 is 1.69 bits per heavy atom. The second-order valence-corrected chi connectivity index (χ2v) is 5.30. The summed E-state index contributed by atoms with van der Waals surface area (Å²) in [5.41, 5.74) is 0.292. The van der Waals surface area contributed by atoms with Crippen molar-refractivity contribution >= 4 is 0 Å². The Labute approximate surface area is 101 Å². The summed E-state index contributed by atoms with van der Waals surface area (Å²) in [7, 11) is 0. The highest BCUT2D eigenvalue weighted by Crippen LogP contribution is 2.35. The van der Waals surface area contributed by atoms with E-state index < -0.39 is 0 Å². The van der Waals surface area contributed by atoms with Gasteiger partial charge in [0.05, 0.1) is 24.4 Å². The molecule has 3 aliphatic rings. The molecule has 2 saturated heterocycles. The molecule has 96 valence electrons. The van der Waals surface area contributed by atoms with Crippen molar-refractivity contribution in [2.24, 2.45) is 0 Å². The summed E-state index contributed by atoms with van der Waals surface area (Å²) in [4.78, 5) is 0. The van der Waals surface area contributed by atoms with E-state index in [9.17, 15) is 0 Å². The van der Waals surface area contributed by atoms with Crippen LogP contribution in [0, 0.1) is 0 Å². The van der Waals surface area contributed by atoms with E-state index >= 15 is 0 Å². The van der Waals surface area contributed by atoms with Gasteiger partial charge in [-0.2, -0.15) is 0 Å². The quantitative estimate of drug-likeness (QED) is 0.635. The van der Waals surface area contributed by atoms with E-state index in [4.69, 9.17) is 9.47 Å². The van der Waals surface area contributed by atoms with E-state index in [0.717, 1.165) is 13.0 Å². The van der Waals surface area contributed by atoms with Crippen LogP contribution < -0.4 is 0 Å². The van der Waals surface area contributed by atoms with Crippen LogP contribution in [0.3, 0.4) is 0 Å². The van der Waals surface area contributed by atoms with Gasteiger partial charge in [0.1, 0.15) is 0 Å². The maximum Gasteiger partial charge on any atom is 0.0886 e. The molecule has 3 rings (SSSR count). The summed E-state index contributed by atoms with van der Waals surface area (Å²) in [6.07, 6.45) is 9.30. The predicted molar refractivity (Wildman–Crippen MR) is 67.7 cm³/mol. The summed E-state index contributed by atoms with van der Waals surface area (Å²) in [5, 5.41) is 0. The number of hydrogen-bond acceptors (Lipinski definition) is 2. The zero-order chi connectivity index (χ0) is 12.0. The molecule has 0 amide bonds. The summed E-state index contributed by atoms with van der Waals surface area (Å²) in [5.74, 6) is 0. The standard InChI is InChI=1S/C6H10O.C5H10O.C3H8/c1-2-4-6-5(3-1)7-6;1-3-5(2)4-6-5;1-3-2/h5-6H,1-4H2;3-4H2,1-2H3;3H2,1-2H3. The summed E-state index contributed by atoms with van der Waals surface area (Å²) >= 11 is 0. The van der Waals surface area contributed by atoms with Gasteiger partial charge in [-0.1, -0.05) is 40.0 Å². The van der Waals surface area contributed by atoms with E-state index in [1.807, 2.05) is 0 Å². The van der Waals surface area contributed by atoms with Crippen molar-refractivity contribution in [3.8, 4) is 0 Å². The van der Waals surface area contributed by atoms with Gasteiger partial charge in [0.25, 0.3) is 0 Å². The highest BCUT2D eigenvalue weighted by Gasteiger charge is 2.39. The molecule has 3 fully saturated rings. The Morgan fingerprint density at radius 2 is 1.50 bits per heavy atom. The largest absolute Gasteiger partial charge is 0.370 e. The minimum atomic E-state index is 0.292. The van der Waals surface area contributed by atoms with Crippen molar-refractivity contribution in [1.82, 2.24) is 0 Å². The van der Waals surface area contributed by atoms with Crippen molar-refractivity contribution in [1.29, 1.82) is 0 Å². The van der Waals surface area contributed by atoms with Crippen LogP contribution in [0.15, 0.2) is 0 Å². The molecule has 0 aromatic carbocycles. The zero-order valence-electron chi connectivity index (χ0n) is 11.4. The van der Waals surface area contributed by atoms with Crippen LogP contribution in [0.5, 0.6) is 0 Å². The Bertz CT molecular complexity index is 177. The highest BCUT2D eigenvalue weighted by atomic mass is 16.6. The predicted octanol–water partition coefficient (Wildman–Crippen LogP) is 3.93. The minimum absolute atomic E-state index is 0.292. The summed E-state index contributed by atoms with van der Waals surface area (Å²) in [6, 6.07) is 0. The first-order valence-corrected chi connectivity index (χ1v) is 6.94. The molecule has 2 aliphatic heterocycles. The van der Waals surface area contributed by atoms with E-state index in [1.165, 1.54) is 32.1 Å². The maximum absolute atomic E-state index is 5.28. The molecule has 2 heterocycles. The average Bonchev–Trinajstić information content (AvgIpc) is 3.16. The third-order valence-corrected chi connectivity index (χ3v) is 3.30. The second-order valence-electron chi connectivity index (χ2n) is 5.30. The Kier molecular flexibility index (Phi) is 5.77. The van der Waals surface area contributed by atoms with Crippen molar-refractivity contribution in [2.75, 3.05) is 6.61 Å². The van der Waals surface area contributed by atoms with Gasteiger partial charge in [0.15, 0.2) is 0 Å². The van der Waals surface area contributed by atoms with Crippen LogP contribution >= 0.6 is 0 Å². The fourth-order valence-corrected chi connectivity index (χ4v) is 1.71. The fourth-order valence-electron chi connectivity index (χ4n) is 1.71. The maximum atomic E-state index is 5.28. The van der Waals surface area contributed by atoms with Gasteiger partial charge < -0.3 is 9.47 Å². The first-order valence-electron chi connectivity index (χ1n) is 6.94. The zero-order valence-corrected chi connectivity index (χ0v) is 11.4. The molecule has 1 aliphatic carbocycles. The fraction of sp³-hybridized carbons (Fsp3) is 1.00. The molecular weight excluding hydrogens is 200 g/mol. The molecule has 3 unspecified atom stereocenters. The smallest absolute Gasteiger partial charge is 0.0886 e. The van der Waals surface area contributed by atoms with E-state index in [0.29, 0.717) is 17.8 Å². The number of epoxide rings is 2. The van der Waals surface area contributed by atoms with Crippen LogP contribution in [0.2, 0.25) is 0 Å². The molecule has 0 radical (unpaired) electrons. The van der Waals surface area contributed by atoms with Crippen LogP contribution in [-0.4, -0.2) is 24.4 Å². The molecule has 2 nitrogen and oxygen atoms in total. The lowest BCUT2D eigenvalue weighted by atomic mass is 10.0. The molecule has 1 saturated carbocycles. The van der Waals surface area contributed by atoms with Crippen LogP contribution in [0.4, 0.5) is 0 Å². The highest BCUT2D eigenvalue weighted by molar-refractivity contribution is 4.87. The first-order chi connectivity index (χ1) is 7.65. The lowest BCUT2D eigenvalue weighted by Crippen LogP contribution is -2.00. The molecule has 0 aromatic heterocycles. The number of ether oxygens (including phenoxy) is 2. The van der Waals surface area contributed by atoms with Gasteiger partial charge in [-0.25, -0.2) is 0 Å². The van der Waals surface area contributed by atoms with Crippen LogP contribution in [0.1, 0.15) is 66.2 Å². The first kappa shape index (κ1) is 14.0. The van der Waals surface area contributed by atoms with Crippen molar-refractivity contribution in [3.63, 3.8) is 0 Å². The molecule has 3 atom stereocenters.